The van der Waals surface area contributed by atoms with Crippen LogP contribution in [0.4, 0.5) is 0 Å². The van der Waals surface area contributed by atoms with Crippen molar-refractivity contribution < 1.29 is 5.11 Å². The minimum Gasteiger partial charge on any atom is -0.508 e. The Labute approximate surface area is 127 Å². The van der Waals surface area contributed by atoms with Crippen molar-refractivity contribution in [2.75, 3.05) is 26.2 Å². The van der Waals surface area contributed by atoms with Crippen LogP contribution in [-0.2, 0) is 6.42 Å². The molecule has 1 aromatic carbocycles. The zero-order valence-electron chi connectivity index (χ0n) is 12.8. The lowest BCUT2D eigenvalue weighted by Crippen LogP contribution is -2.55. The van der Waals surface area contributed by atoms with Crippen LogP contribution in [0.15, 0.2) is 18.2 Å². The number of piperazine rings is 1. The average Bonchev–Trinajstić information content (AvgIpc) is 2.54. The monoisotopic (exact) mass is 286 g/mol. The van der Waals surface area contributed by atoms with E-state index in [0.717, 1.165) is 12.5 Å². The molecule has 0 radical (unpaired) electrons. The van der Waals surface area contributed by atoms with Gasteiger partial charge in [0.25, 0.3) is 0 Å². The maximum Gasteiger partial charge on any atom is 0.119 e. The predicted molar refractivity (Wildman–Crippen MR) is 84.6 cm³/mol. The van der Waals surface area contributed by atoms with Gasteiger partial charge in [-0.05, 0) is 55.8 Å². The van der Waals surface area contributed by atoms with Gasteiger partial charge in [-0.25, -0.2) is 0 Å². The number of hydrogen-bond acceptors (Lipinski definition) is 3. The van der Waals surface area contributed by atoms with E-state index < -0.39 is 0 Å². The largest absolute Gasteiger partial charge is 0.508 e. The molecule has 2 heterocycles. The molecule has 1 aromatic rings. The first-order valence-electron chi connectivity index (χ1n) is 8.62. The Balaban J connectivity index is 1.56. The SMILES string of the molecule is Oc1cccc2c1CCCC2N1CCN2CCCCC2C1. The van der Waals surface area contributed by atoms with E-state index >= 15 is 0 Å². The Morgan fingerprint density at radius 2 is 1.86 bits per heavy atom. The molecule has 0 spiro atoms. The molecule has 0 saturated carbocycles. The van der Waals surface area contributed by atoms with Gasteiger partial charge < -0.3 is 5.11 Å². The van der Waals surface area contributed by atoms with E-state index in [1.807, 2.05) is 12.1 Å². The molecule has 0 bridgehead atoms. The second-order valence-electron chi connectivity index (χ2n) is 6.93. The van der Waals surface area contributed by atoms with Crippen molar-refractivity contribution >= 4 is 0 Å². The van der Waals surface area contributed by atoms with Gasteiger partial charge in [0.05, 0.1) is 0 Å². The van der Waals surface area contributed by atoms with Crippen LogP contribution in [0, 0.1) is 0 Å². The minimum atomic E-state index is 0.508. The number of phenolic OH excluding ortho intramolecular Hbond substituents is 1. The zero-order valence-corrected chi connectivity index (χ0v) is 12.8. The molecule has 2 aliphatic heterocycles. The third-order valence-electron chi connectivity index (χ3n) is 5.76. The molecule has 1 aliphatic carbocycles. The molecule has 4 rings (SSSR count). The molecule has 1 N–H and O–H groups in total. The number of hydrogen-bond donors (Lipinski definition) is 1. The number of benzene rings is 1. The van der Waals surface area contributed by atoms with Gasteiger partial charge in [0.2, 0.25) is 0 Å². The van der Waals surface area contributed by atoms with Crippen LogP contribution >= 0.6 is 0 Å². The van der Waals surface area contributed by atoms with Crippen molar-refractivity contribution in [1.82, 2.24) is 9.80 Å². The normalized spacial score (nSPS) is 30.7. The predicted octanol–water partition coefficient (Wildman–Crippen LogP) is 2.94. The molecular weight excluding hydrogens is 260 g/mol. The Hall–Kier alpha value is -1.06. The summed E-state index contributed by atoms with van der Waals surface area (Å²) in [6.07, 6.45) is 7.66. The fourth-order valence-electron chi connectivity index (χ4n) is 4.65. The van der Waals surface area contributed by atoms with Crippen molar-refractivity contribution in [2.24, 2.45) is 0 Å². The fourth-order valence-corrected chi connectivity index (χ4v) is 4.65. The highest BCUT2D eigenvalue weighted by atomic mass is 16.3. The van der Waals surface area contributed by atoms with E-state index in [2.05, 4.69) is 15.9 Å². The molecule has 2 unspecified atom stereocenters. The molecule has 0 aromatic heterocycles. The molecule has 0 amide bonds. The van der Waals surface area contributed by atoms with Crippen LogP contribution in [0.2, 0.25) is 0 Å². The number of piperidine rings is 1. The summed E-state index contributed by atoms with van der Waals surface area (Å²) < 4.78 is 0. The summed E-state index contributed by atoms with van der Waals surface area (Å²) in [7, 11) is 0. The molecule has 21 heavy (non-hydrogen) atoms. The summed E-state index contributed by atoms with van der Waals surface area (Å²) >= 11 is 0. The standard InChI is InChI=1S/C18H26N2O/c21-18-9-4-6-15-16(18)7-3-8-17(15)20-12-11-19-10-2-1-5-14(19)13-20/h4,6,9,14,17,21H,1-3,5,7-8,10-13H2. The summed E-state index contributed by atoms with van der Waals surface area (Å²) in [5.74, 6) is 0.508. The summed E-state index contributed by atoms with van der Waals surface area (Å²) in [6, 6.07) is 7.41. The third kappa shape index (κ3) is 2.47. The van der Waals surface area contributed by atoms with Crippen molar-refractivity contribution in [2.45, 2.75) is 50.6 Å². The second kappa shape index (κ2) is 5.62. The first kappa shape index (κ1) is 13.6. The van der Waals surface area contributed by atoms with Crippen LogP contribution in [0.5, 0.6) is 5.75 Å². The van der Waals surface area contributed by atoms with Crippen molar-refractivity contribution in [3.05, 3.63) is 29.3 Å². The minimum absolute atomic E-state index is 0.508. The van der Waals surface area contributed by atoms with E-state index in [0.29, 0.717) is 11.8 Å². The molecule has 114 valence electrons. The van der Waals surface area contributed by atoms with Crippen molar-refractivity contribution in [3.8, 4) is 5.75 Å². The smallest absolute Gasteiger partial charge is 0.119 e. The van der Waals surface area contributed by atoms with E-state index in [-0.39, 0.29) is 0 Å². The van der Waals surface area contributed by atoms with Gasteiger partial charge in [0.15, 0.2) is 0 Å². The number of fused-ring (bicyclic) bond motifs is 2. The molecule has 2 saturated heterocycles. The molecule has 3 nitrogen and oxygen atoms in total. The number of rotatable bonds is 1. The zero-order chi connectivity index (χ0) is 14.2. The van der Waals surface area contributed by atoms with Crippen molar-refractivity contribution in [1.29, 1.82) is 0 Å². The van der Waals surface area contributed by atoms with Gasteiger partial charge in [-0.2, -0.15) is 0 Å². The third-order valence-corrected chi connectivity index (χ3v) is 5.76. The van der Waals surface area contributed by atoms with E-state index in [1.54, 1.807) is 0 Å². The summed E-state index contributed by atoms with van der Waals surface area (Å²) in [5.41, 5.74) is 2.60. The quantitative estimate of drug-likeness (QED) is 0.860. The van der Waals surface area contributed by atoms with E-state index in [1.165, 1.54) is 69.4 Å². The van der Waals surface area contributed by atoms with E-state index in [9.17, 15) is 5.11 Å². The van der Waals surface area contributed by atoms with Gasteiger partial charge >= 0.3 is 0 Å². The van der Waals surface area contributed by atoms with Gasteiger partial charge in [0.1, 0.15) is 5.75 Å². The number of nitrogens with zero attached hydrogens (tertiary/aromatic N) is 2. The van der Waals surface area contributed by atoms with E-state index in [4.69, 9.17) is 0 Å². The Morgan fingerprint density at radius 1 is 0.952 bits per heavy atom. The van der Waals surface area contributed by atoms with Gasteiger partial charge in [-0.15, -0.1) is 0 Å². The van der Waals surface area contributed by atoms with Gasteiger partial charge in [0, 0.05) is 31.7 Å². The van der Waals surface area contributed by atoms with Crippen LogP contribution in [0.1, 0.15) is 49.3 Å². The summed E-state index contributed by atoms with van der Waals surface area (Å²) in [5, 5.41) is 10.1. The lowest BCUT2D eigenvalue weighted by atomic mass is 9.85. The average molecular weight is 286 g/mol. The Bertz CT molecular complexity index is 516. The highest BCUT2D eigenvalue weighted by molar-refractivity contribution is 5.42. The molecule has 2 atom stereocenters. The maximum atomic E-state index is 10.1. The second-order valence-corrected chi connectivity index (χ2v) is 6.93. The summed E-state index contributed by atoms with van der Waals surface area (Å²) in [4.78, 5) is 5.40. The number of phenols is 1. The maximum absolute atomic E-state index is 10.1. The van der Waals surface area contributed by atoms with Crippen molar-refractivity contribution in [3.63, 3.8) is 0 Å². The number of aromatic hydroxyl groups is 1. The first-order chi connectivity index (χ1) is 10.3. The van der Waals surface area contributed by atoms with Crippen LogP contribution in [0.3, 0.4) is 0 Å². The Morgan fingerprint density at radius 3 is 2.81 bits per heavy atom. The van der Waals surface area contributed by atoms with Gasteiger partial charge in [-0.3, -0.25) is 9.80 Å². The molecule has 2 fully saturated rings. The lowest BCUT2D eigenvalue weighted by Gasteiger charge is -2.47. The van der Waals surface area contributed by atoms with Gasteiger partial charge in [-0.1, -0.05) is 18.6 Å². The summed E-state index contributed by atoms with van der Waals surface area (Å²) in [6.45, 7) is 4.95. The molecule has 3 aliphatic rings. The highest BCUT2D eigenvalue weighted by Gasteiger charge is 2.34. The van der Waals surface area contributed by atoms with Crippen LogP contribution < -0.4 is 0 Å². The Kier molecular flexibility index (Phi) is 3.64. The van der Waals surface area contributed by atoms with Crippen LogP contribution in [0.25, 0.3) is 0 Å². The molecular formula is C18H26N2O. The highest BCUT2D eigenvalue weighted by Crippen LogP contribution is 2.39. The molecule has 3 heteroatoms. The first-order valence-corrected chi connectivity index (χ1v) is 8.62. The van der Waals surface area contributed by atoms with Crippen LogP contribution in [-0.4, -0.2) is 47.1 Å². The lowest BCUT2D eigenvalue weighted by molar-refractivity contribution is 0.0227. The topological polar surface area (TPSA) is 26.7 Å². The fraction of sp³-hybridized carbons (Fsp3) is 0.667.